The van der Waals surface area contributed by atoms with Crippen molar-refractivity contribution in [2.75, 3.05) is 20.6 Å². The Kier molecular flexibility index (Phi) is 12.4. The van der Waals surface area contributed by atoms with Crippen molar-refractivity contribution in [1.29, 1.82) is 5.26 Å². The van der Waals surface area contributed by atoms with E-state index in [9.17, 15) is 29.5 Å². The van der Waals surface area contributed by atoms with Gasteiger partial charge in [-0.2, -0.15) is 5.26 Å². The third-order valence-corrected chi connectivity index (χ3v) is 16.9. The van der Waals surface area contributed by atoms with E-state index < -0.39 is 22.8 Å². The number of benzene rings is 1. The van der Waals surface area contributed by atoms with Gasteiger partial charge in [0.1, 0.15) is 6.10 Å². The van der Waals surface area contributed by atoms with Crippen molar-refractivity contribution < 1.29 is 24.2 Å². The molecule has 6 rings (SSSR count). The molecule has 10 nitrogen and oxygen atoms in total. The van der Waals surface area contributed by atoms with Gasteiger partial charge in [-0.1, -0.05) is 48.5 Å². The van der Waals surface area contributed by atoms with Crippen molar-refractivity contribution >= 4 is 17.7 Å². The number of hydrogen-bond acceptors (Lipinski definition) is 7. The van der Waals surface area contributed by atoms with Gasteiger partial charge in [-0.15, -0.1) is 0 Å². The number of ether oxygens (including phenoxy) is 1. The zero-order valence-corrected chi connectivity index (χ0v) is 38.7. The number of Topliss-reactive ketones (excluding diaryl/α,β-unsaturated/α-hetero) is 1. The van der Waals surface area contributed by atoms with Crippen LogP contribution >= 0.6 is 0 Å². The molecule has 60 heavy (non-hydrogen) atoms. The number of carboxylic acids is 1. The highest BCUT2D eigenvalue weighted by Crippen LogP contribution is 2.75. The van der Waals surface area contributed by atoms with E-state index in [2.05, 4.69) is 57.2 Å². The summed E-state index contributed by atoms with van der Waals surface area (Å²) in [7, 11) is 4.09. The number of carbonyl (C=O) groups excluding carboxylic acids is 2. The Morgan fingerprint density at radius 1 is 1.03 bits per heavy atom. The van der Waals surface area contributed by atoms with Crippen LogP contribution in [0.5, 0.6) is 0 Å². The maximum atomic E-state index is 14.7. The van der Waals surface area contributed by atoms with Gasteiger partial charge in [0.15, 0.2) is 5.78 Å². The molecule has 4 aliphatic carbocycles. The molecule has 0 spiro atoms. The van der Waals surface area contributed by atoms with Crippen LogP contribution in [-0.2, 0) is 31.1 Å². The number of esters is 1. The molecule has 1 aromatic carbocycles. The number of aliphatic carboxylic acids is 1. The van der Waals surface area contributed by atoms with Crippen LogP contribution in [0.15, 0.2) is 40.2 Å². The molecule has 2 aromatic rings. The molecular weight excluding hydrogens is 753 g/mol. The van der Waals surface area contributed by atoms with Crippen LogP contribution in [0.25, 0.3) is 5.69 Å². The second kappa shape index (κ2) is 16.4. The topological polar surface area (TPSA) is 135 Å². The van der Waals surface area contributed by atoms with Gasteiger partial charge >= 0.3 is 11.9 Å². The molecule has 4 aliphatic rings. The average molecular weight is 825 g/mol. The van der Waals surface area contributed by atoms with E-state index in [0.717, 1.165) is 68.3 Å². The monoisotopic (exact) mass is 825 g/mol. The zero-order chi connectivity index (χ0) is 44.3. The van der Waals surface area contributed by atoms with Crippen LogP contribution in [0.4, 0.5) is 0 Å². The van der Waals surface area contributed by atoms with Gasteiger partial charge < -0.3 is 14.7 Å². The maximum Gasteiger partial charge on any atom is 0.309 e. The summed E-state index contributed by atoms with van der Waals surface area (Å²) >= 11 is 0. The predicted molar refractivity (Wildman–Crippen MR) is 235 cm³/mol. The summed E-state index contributed by atoms with van der Waals surface area (Å²) in [6.45, 7) is 22.7. The number of hydrogen-bond donors (Lipinski definition) is 1. The number of nitriles is 1. The summed E-state index contributed by atoms with van der Waals surface area (Å²) < 4.78 is 9.97. The van der Waals surface area contributed by atoms with E-state index in [-0.39, 0.29) is 51.9 Å². The fraction of sp³-hybridized carbons (Fsp3) is 0.700. The van der Waals surface area contributed by atoms with Crippen LogP contribution in [0.2, 0.25) is 0 Å². The second-order valence-corrected chi connectivity index (χ2v) is 21.2. The Hall–Kier alpha value is -3.97. The van der Waals surface area contributed by atoms with Crippen LogP contribution in [0.3, 0.4) is 0 Å². The number of ketones is 1. The number of likely N-dealkylation sites (N-methyl/N-ethyl adjacent to an activating group) is 1. The van der Waals surface area contributed by atoms with Gasteiger partial charge in [0.25, 0.3) is 5.56 Å². The van der Waals surface area contributed by atoms with Crippen LogP contribution in [0.1, 0.15) is 150 Å². The molecule has 3 saturated carbocycles. The quantitative estimate of drug-likeness (QED) is 0.186. The number of carbonyl (C=O) groups is 3. The fourth-order valence-corrected chi connectivity index (χ4v) is 13.1. The standard InChI is InChI=1S/C50H72N4O6/c1-13-36(60-40(56)29-46(6,7)45(58)59)21-22-47(8)32(4)20-23-49(10)39(47)19-18-37-42-41(31(2)3)38(55)28-50(42,25-24-48(37,49)9)43-33(5)44(57)54(53(43)27-26-52(11)12)35-16-14-34(30-51)15-17-35/h14-17,31-32,36-37,39H,13,18-29H2,1-12H3,(H,58,59)/t32?,36?,37?,39?,47?,48-,49?,50?/m1/s1. The van der Waals surface area contributed by atoms with E-state index in [4.69, 9.17) is 4.74 Å². The van der Waals surface area contributed by atoms with Crippen molar-refractivity contribution in [3.8, 4) is 11.8 Å². The van der Waals surface area contributed by atoms with Gasteiger partial charge in [-0.25, -0.2) is 4.68 Å². The molecule has 10 heteroatoms. The molecule has 7 unspecified atom stereocenters. The number of rotatable bonds is 14. The Balaban J connectivity index is 1.41. The Labute approximate surface area is 358 Å². The molecule has 0 radical (unpaired) electrons. The molecule has 1 aromatic heterocycles. The summed E-state index contributed by atoms with van der Waals surface area (Å²) in [5, 5.41) is 19.2. The molecule has 0 amide bonds. The maximum absolute atomic E-state index is 14.7. The molecule has 1 N–H and O–H groups in total. The van der Waals surface area contributed by atoms with Crippen molar-refractivity contribution in [1.82, 2.24) is 14.3 Å². The lowest BCUT2D eigenvalue weighted by atomic mass is 9.35. The summed E-state index contributed by atoms with van der Waals surface area (Å²) in [6, 6.07) is 9.45. The summed E-state index contributed by atoms with van der Waals surface area (Å²) in [5.41, 5.74) is 3.29. The number of carboxylic acid groups (broad SMARTS) is 1. The molecule has 0 bridgehead atoms. The highest BCUT2D eigenvalue weighted by Gasteiger charge is 2.68. The first-order chi connectivity index (χ1) is 28.0. The van der Waals surface area contributed by atoms with Crippen LogP contribution in [-0.4, -0.2) is 63.8 Å². The first kappa shape index (κ1) is 45.6. The SMILES string of the molecule is CCC(CCC1(C)C(C)CCC2(C)C1CCC1C3=C(C(C)C)C(=O)CC3(c3c(C)c(=O)n(-c4ccc(C#N)cc4)n3CCN(C)C)CC[C@]12C)OC(=O)CC(C)(C)C(=O)O. The second-order valence-electron chi connectivity index (χ2n) is 21.2. The Morgan fingerprint density at radius 3 is 2.28 bits per heavy atom. The van der Waals surface area contributed by atoms with Gasteiger partial charge in [0.05, 0.1) is 41.4 Å². The van der Waals surface area contributed by atoms with Gasteiger partial charge in [-0.05, 0) is 168 Å². The molecule has 3 fully saturated rings. The largest absolute Gasteiger partial charge is 0.481 e. The summed E-state index contributed by atoms with van der Waals surface area (Å²) in [4.78, 5) is 56.2. The number of aromatic nitrogens is 2. The minimum atomic E-state index is -1.18. The lowest BCUT2D eigenvalue weighted by Crippen LogP contribution is -2.62. The third kappa shape index (κ3) is 7.32. The normalized spacial score (nSPS) is 30.8. The predicted octanol–water partition coefficient (Wildman–Crippen LogP) is 9.42. The van der Waals surface area contributed by atoms with Gasteiger partial charge in [-0.3, -0.25) is 23.9 Å². The van der Waals surface area contributed by atoms with E-state index >= 15 is 0 Å². The number of allylic oxidation sites excluding steroid dienone is 2. The average Bonchev–Trinajstić information content (AvgIpc) is 3.63. The fourth-order valence-electron chi connectivity index (χ4n) is 13.1. The number of fused-ring (bicyclic) bond motifs is 5. The smallest absolute Gasteiger partial charge is 0.309 e. The Bertz CT molecular complexity index is 2130. The molecule has 1 heterocycles. The van der Waals surface area contributed by atoms with Crippen LogP contribution in [0, 0.1) is 63.6 Å². The van der Waals surface area contributed by atoms with Crippen molar-refractivity contribution in [3.63, 3.8) is 0 Å². The zero-order valence-electron chi connectivity index (χ0n) is 38.7. The van der Waals surface area contributed by atoms with Gasteiger partial charge in [0.2, 0.25) is 0 Å². The lowest BCUT2D eigenvalue weighted by Gasteiger charge is -2.69. The third-order valence-electron chi connectivity index (χ3n) is 16.9. The highest BCUT2D eigenvalue weighted by atomic mass is 16.5. The number of nitrogens with zero attached hydrogens (tertiary/aromatic N) is 4. The molecular formula is C50H72N4O6. The van der Waals surface area contributed by atoms with Crippen LogP contribution < -0.4 is 5.56 Å². The van der Waals surface area contributed by atoms with E-state index in [1.165, 1.54) is 5.57 Å². The summed E-state index contributed by atoms with van der Waals surface area (Å²) in [6.07, 6.45) is 8.29. The minimum absolute atomic E-state index is 0.00199. The van der Waals surface area contributed by atoms with E-state index in [0.29, 0.717) is 48.9 Å². The first-order valence-corrected chi connectivity index (χ1v) is 22.7. The van der Waals surface area contributed by atoms with E-state index in [1.54, 1.807) is 30.7 Å². The molecule has 0 saturated heterocycles. The summed E-state index contributed by atoms with van der Waals surface area (Å²) in [5.74, 6) is -0.0844. The van der Waals surface area contributed by atoms with Gasteiger partial charge in [0, 0.05) is 23.9 Å². The Morgan fingerprint density at radius 2 is 1.70 bits per heavy atom. The first-order valence-electron chi connectivity index (χ1n) is 22.7. The highest BCUT2D eigenvalue weighted by molar-refractivity contribution is 6.02. The molecule has 8 atom stereocenters. The molecule has 328 valence electrons. The minimum Gasteiger partial charge on any atom is -0.481 e. The van der Waals surface area contributed by atoms with Crippen molar-refractivity contribution in [3.05, 3.63) is 62.6 Å². The van der Waals surface area contributed by atoms with E-state index in [1.807, 2.05) is 40.1 Å². The molecule has 0 aliphatic heterocycles. The van der Waals surface area contributed by atoms with Crippen molar-refractivity contribution in [2.45, 2.75) is 158 Å². The lowest BCUT2D eigenvalue weighted by molar-refractivity contribution is -0.184. The van der Waals surface area contributed by atoms with Crippen molar-refractivity contribution in [2.24, 2.45) is 45.3 Å².